The van der Waals surface area contributed by atoms with E-state index in [9.17, 15) is 0 Å². The van der Waals surface area contributed by atoms with E-state index in [0.29, 0.717) is 19.8 Å². The molecule has 4 nitrogen and oxygen atoms in total. The summed E-state index contributed by atoms with van der Waals surface area (Å²) >= 11 is 0. The minimum Gasteiger partial charge on any atom is -0.467 e. The van der Waals surface area contributed by atoms with E-state index in [4.69, 9.17) is 13.9 Å². The van der Waals surface area contributed by atoms with Crippen molar-refractivity contribution in [1.82, 2.24) is 5.32 Å². The first-order chi connectivity index (χ1) is 7.86. The van der Waals surface area contributed by atoms with Gasteiger partial charge in [-0.15, -0.1) is 0 Å². The Morgan fingerprint density at radius 1 is 1.25 bits per heavy atom. The van der Waals surface area contributed by atoms with Crippen molar-refractivity contribution in [2.75, 3.05) is 26.4 Å². The summed E-state index contributed by atoms with van der Waals surface area (Å²) in [6, 6.07) is 2.02. The second kappa shape index (κ2) is 8.33. The van der Waals surface area contributed by atoms with E-state index in [1.165, 1.54) is 0 Å². The van der Waals surface area contributed by atoms with Crippen LogP contribution in [0.3, 0.4) is 0 Å². The Kier molecular flexibility index (Phi) is 6.88. The molecule has 0 aliphatic carbocycles. The van der Waals surface area contributed by atoms with Gasteiger partial charge in [0.1, 0.15) is 12.4 Å². The quantitative estimate of drug-likeness (QED) is 0.655. The van der Waals surface area contributed by atoms with Crippen LogP contribution < -0.4 is 5.32 Å². The van der Waals surface area contributed by atoms with Crippen molar-refractivity contribution in [3.8, 4) is 0 Å². The van der Waals surface area contributed by atoms with Crippen molar-refractivity contribution < 1.29 is 13.9 Å². The fraction of sp³-hybridized carbons (Fsp3) is 0.667. The molecule has 0 aliphatic heterocycles. The Hall–Kier alpha value is -0.840. The Bertz CT molecular complexity index is 273. The van der Waals surface area contributed by atoms with Crippen LogP contribution in [0.2, 0.25) is 0 Å². The molecule has 0 aromatic carbocycles. The third-order valence-corrected chi connectivity index (χ3v) is 2.11. The zero-order chi connectivity index (χ0) is 11.6. The van der Waals surface area contributed by atoms with Gasteiger partial charge >= 0.3 is 0 Å². The highest BCUT2D eigenvalue weighted by Crippen LogP contribution is 2.08. The lowest BCUT2D eigenvalue weighted by molar-refractivity contribution is 0.0390. The van der Waals surface area contributed by atoms with Crippen LogP contribution in [0.5, 0.6) is 0 Å². The molecule has 0 aliphatic rings. The van der Waals surface area contributed by atoms with Gasteiger partial charge in [-0.05, 0) is 19.5 Å². The molecule has 0 unspecified atom stereocenters. The van der Waals surface area contributed by atoms with Crippen LogP contribution >= 0.6 is 0 Å². The van der Waals surface area contributed by atoms with Gasteiger partial charge in [0, 0.05) is 18.7 Å². The second-order valence-electron chi connectivity index (χ2n) is 3.45. The Balaban J connectivity index is 2.14. The smallest absolute Gasteiger partial charge is 0.129 e. The van der Waals surface area contributed by atoms with Crippen molar-refractivity contribution in [2.45, 2.75) is 27.0 Å². The lowest BCUT2D eigenvalue weighted by atomic mass is 10.3. The van der Waals surface area contributed by atoms with Crippen LogP contribution in [-0.2, 0) is 22.6 Å². The highest BCUT2D eigenvalue weighted by atomic mass is 16.5. The number of hydrogen-bond acceptors (Lipinski definition) is 4. The predicted molar refractivity (Wildman–Crippen MR) is 62.2 cm³/mol. The number of rotatable bonds is 9. The molecule has 0 atom stereocenters. The molecule has 1 aromatic heterocycles. The fourth-order valence-electron chi connectivity index (χ4n) is 1.30. The van der Waals surface area contributed by atoms with E-state index >= 15 is 0 Å². The normalized spacial score (nSPS) is 10.9. The highest BCUT2D eigenvalue weighted by molar-refractivity contribution is 5.11. The average molecular weight is 227 g/mol. The van der Waals surface area contributed by atoms with Gasteiger partial charge in [0.15, 0.2) is 0 Å². The van der Waals surface area contributed by atoms with Crippen LogP contribution in [-0.4, -0.2) is 26.4 Å². The molecule has 0 spiro atoms. The maximum atomic E-state index is 5.40. The summed E-state index contributed by atoms with van der Waals surface area (Å²) in [7, 11) is 0. The summed E-state index contributed by atoms with van der Waals surface area (Å²) in [4.78, 5) is 0. The van der Waals surface area contributed by atoms with E-state index in [0.717, 1.165) is 31.0 Å². The first kappa shape index (κ1) is 13.2. The topological polar surface area (TPSA) is 43.6 Å². The van der Waals surface area contributed by atoms with E-state index in [2.05, 4.69) is 12.2 Å². The van der Waals surface area contributed by atoms with E-state index in [-0.39, 0.29) is 0 Å². The molecule has 0 fully saturated rings. The molecular formula is C12H21NO3. The van der Waals surface area contributed by atoms with Crippen LogP contribution in [0.4, 0.5) is 0 Å². The minimum atomic E-state index is 0.513. The van der Waals surface area contributed by atoms with E-state index in [1.807, 2.05) is 13.0 Å². The monoisotopic (exact) mass is 227 g/mol. The molecule has 0 amide bonds. The number of nitrogens with one attached hydrogen (secondary N) is 1. The second-order valence-corrected chi connectivity index (χ2v) is 3.45. The Morgan fingerprint density at radius 3 is 2.81 bits per heavy atom. The number of ether oxygens (including phenoxy) is 2. The van der Waals surface area contributed by atoms with Crippen molar-refractivity contribution in [2.24, 2.45) is 0 Å². The first-order valence-electron chi connectivity index (χ1n) is 5.79. The van der Waals surface area contributed by atoms with Crippen LogP contribution in [0.25, 0.3) is 0 Å². The van der Waals surface area contributed by atoms with Gasteiger partial charge in [0.25, 0.3) is 0 Å². The highest BCUT2D eigenvalue weighted by Gasteiger charge is 2.01. The Labute approximate surface area is 96.9 Å². The molecule has 92 valence electrons. The van der Waals surface area contributed by atoms with Gasteiger partial charge in [0.05, 0.1) is 19.5 Å². The third-order valence-electron chi connectivity index (χ3n) is 2.11. The standard InChI is InChI=1S/C12H21NO3/c1-3-13-8-11-7-12(16-9-11)10-15-6-5-14-4-2/h7,9,13H,3-6,8,10H2,1-2H3. The van der Waals surface area contributed by atoms with Crippen molar-refractivity contribution in [3.63, 3.8) is 0 Å². The van der Waals surface area contributed by atoms with E-state index < -0.39 is 0 Å². The van der Waals surface area contributed by atoms with Gasteiger partial charge in [-0.1, -0.05) is 6.92 Å². The Morgan fingerprint density at radius 2 is 2.06 bits per heavy atom. The molecule has 1 aromatic rings. The molecular weight excluding hydrogens is 206 g/mol. The van der Waals surface area contributed by atoms with Crippen LogP contribution in [0.15, 0.2) is 16.7 Å². The fourth-order valence-corrected chi connectivity index (χ4v) is 1.30. The third kappa shape index (κ3) is 5.30. The van der Waals surface area contributed by atoms with Gasteiger partial charge in [-0.2, -0.15) is 0 Å². The molecule has 4 heteroatoms. The lowest BCUT2D eigenvalue weighted by Crippen LogP contribution is -2.10. The minimum absolute atomic E-state index is 0.513. The summed E-state index contributed by atoms with van der Waals surface area (Å²) in [6.07, 6.45) is 1.77. The van der Waals surface area contributed by atoms with Crippen molar-refractivity contribution in [3.05, 3.63) is 23.7 Å². The van der Waals surface area contributed by atoms with Gasteiger partial charge in [-0.25, -0.2) is 0 Å². The average Bonchev–Trinajstić information content (AvgIpc) is 2.74. The van der Waals surface area contributed by atoms with Crippen molar-refractivity contribution >= 4 is 0 Å². The maximum absolute atomic E-state index is 5.40. The van der Waals surface area contributed by atoms with Crippen molar-refractivity contribution in [1.29, 1.82) is 0 Å². The molecule has 0 bridgehead atoms. The molecule has 1 rings (SSSR count). The molecule has 0 radical (unpaired) electrons. The van der Waals surface area contributed by atoms with Gasteiger partial charge in [-0.3, -0.25) is 0 Å². The number of hydrogen-bond donors (Lipinski definition) is 1. The molecule has 16 heavy (non-hydrogen) atoms. The van der Waals surface area contributed by atoms with Crippen LogP contribution in [0.1, 0.15) is 25.2 Å². The zero-order valence-electron chi connectivity index (χ0n) is 10.1. The maximum Gasteiger partial charge on any atom is 0.129 e. The predicted octanol–water partition coefficient (Wildman–Crippen LogP) is 1.94. The summed E-state index contributed by atoms with van der Waals surface area (Å²) in [5.41, 5.74) is 1.16. The summed E-state index contributed by atoms with van der Waals surface area (Å²) in [6.45, 7) is 8.36. The van der Waals surface area contributed by atoms with Crippen LogP contribution in [0, 0.1) is 0 Å². The molecule has 1 heterocycles. The summed E-state index contributed by atoms with van der Waals surface area (Å²) in [5, 5.41) is 3.24. The molecule has 1 N–H and O–H groups in total. The first-order valence-corrected chi connectivity index (χ1v) is 5.79. The lowest BCUT2D eigenvalue weighted by Gasteiger charge is -2.01. The summed E-state index contributed by atoms with van der Waals surface area (Å²) in [5.74, 6) is 0.865. The summed E-state index contributed by atoms with van der Waals surface area (Å²) < 4.78 is 15.9. The van der Waals surface area contributed by atoms with Gasteiger partial charge < -0.3 is 19.2 Å². The number of furan rings is 1. The molecule has 0 saturated heterocycles. The zero-order valence-corrected chi connectivity index (χ0v) is 10.1. The van der Waals surface area contributed by atoms with E-state index in [1.54, 1.807) is 6.26 Å². The van der Waals surface area contributed by atoms with Gasteiger partial charge in [0.2, 0.25) is 0 Å². The largest absolute Gasteiger partial charge is 0.467 e. The SMILES string of the molecule is CCNCc1coc(COCCOCC)c1. The molecule has 0 saturated carbocycles.